The first kappa shape index (κ1) is 15.5. The first-order chi connectivity index (χ1) is 12.2. The number of carbonyl (C=O) groups is 1. The third kappa shape index (κ3) is 3.13. The smallest absolute Gasteiger partial charge is 0.224 e. The molecular formula is C22H19NO2. The number of aryl methyl sites for hydroxylation is 1. The zero-order valence-corrected chi connectivity index (χ0v) is 14.1. The van der Waals surface area contributed by atoms with Crippen LogP contribution in [0.4, 0.5) is 0 Å². The number of hydrogen-bond acceptors (Lipinski definition) is 2. The number of fused-ring (bicyclic) bond motifs is 3. The molecule has 4 rings (SSSR count). The fourth-order valence-electron chi connectivity index (χ4n) is 3.15. The second-order valence-corrected chi connectivity index (χ2v) is 6.36. The molecule has 0 radical (unpaired) electrons. The normalized spacial score (nSPS) is 11.1. The van der Waals surface area contributed by atoms with E-state index in [9.17, 15) is 4.79 Å². The number of carbonyl (C=O) groups excluding carboxylic acids is 1. The van der Waals surface area contributed by atoms with E-state index in [0.717, 1.165) is 32.9 Å². The minimum atomic E-state index is -0.00351. The van der Waals surface area contributed by atoms with Crippen LogP contribution >= 0.6 is 0 Å². The molecule has 25 heavy (non-hydrogen) atoms. The van der Waals surface area contributed by atoms with Crippen molar-refractivity contribution in [3.8, 4) is 0 Å². The summed E-state index contributed by atoms with van der Waals surface area (Å²) in [5, 5.41) is 6.29. The number of nitrogens with one attached hydrogen (secondary N) is 1. The second kappa shape index (κ2) is 6.44. The van der Waals surface area contributed by atoms with Crippen LogP contribution in [0.25, 0.3) is 21.7 Å². The number of amides is 1. The Balaban J connectivity index is 1.55. The van der Waals surface area contributed by atoms with Crippen molar-refractivity contribution >= 4 is 27.6 Å². The molecule has 0 aliphatic heterocycles. The average Bonchev–Trinajstić information content (AvgIpc) is 3.04. The SMILES string of the molecule is Cc1ccc(CNC(=O)Cc2coc3ccc4ccccc4c23)cc1. The monoisotopic (exact) mass is 329 g/mol. The van der Waals surface area contributed by atoms with Gasteiger partial charge < -0.3 is 9.73 Å². The molecule has 3 heteroatoms. The van der Waals surface area contributed by atoms with E-state index in [1.165, 1.54) is 5.56 Å². The Morgan fingerprint density at radius 2 is 1.80 bits per heavy atom. The molecule has 124 valence electrons. The quantitative estimate of drug-likeness (QED) is 0.587. The summed E-state index contributed by atoms with van der Waals surface area (Å²) in [4.78, 5) is 12.4. The maximum atomic E-state index is 12.4. The van der Waals surface area contributed by atoms with Crippen LogP contribution in [0.5, 0.6) is 0 Å². The van der Waals surface area contributed by atoms with Gasteiger partial charge in [0.1, 0.15) is 5.58 Å². The summed E-state index contributed by atoms with van der Waals surface area (Å²) in [5.74, 6) is -0.00351. The third-order valence-electron chi connectivity index (χ3n) is 4.50. The molecule has 3 aromatic carbocycles. The molecule has 0 aliphatic carbocycles. The van der Waals surface area contributed by atoms with Gasteiger partial charge in [-0.15, -0.1) is 0 Å². The van der Waals surface area contributed by atoms with Gasteiger partial charge in [-0.2, -0.15) is 0 Å². The van der Waals surface area contributed by atoms with E-state index in [-0.39, 0.29) is 5.91 Å². The molecule has 0 fully saturated rings. The molecule has 1 amide bonds. The topological polar surface area (TPSA) is 42.2 Å². The van der Waals surface area contributed by atoms with Crippen LogP contribution in [0.15, 0.2) is 71.3 Å². The largest absolute Gasteiger partial charge is 0.464 e. The first-order valence-electron chi connectivity index (χ1n) is 8.41. The Kier molecular flexibility index (Phi) is 3.98. The summed E-state index contributed by atoms with van der Waals surface area (Å²) in [6, 6.07) is 20.4. The lowest BCUT2D eigenvalue weighted by Gasteiger charge is -2.06. The fraction of sp³-hybridized carbons (Fsp3) is 0.136. The maximum absolute atomic E-state index is 12.4. The minimum absolute atomic E-state index is 0.00351. The van der Waals surface area contributed by atoms with Crippen molar-refractivity contribution in [3.63, 3.8) is 0 Å². The zero-order chi connectivity index (χ0) is 17.2. The van der Waals surface area contributed by atoms with Crippen LogP contribution in [0.2, 0.25) is 0 Å². The Labute approximate surface area is 146 Å². The molecule has 0 bridgehead atoms. The standard InChI is InChI=1S/C22H19NO2/c1-15-6-8-16(9-7-15)13-23-21(24)12-18-14-25-20-11-10-17-4-2-3-5-19(17)22(18)20/h2-11,14H,12-13H2,1H3,(H,23,24). The highest BCUT2D eigenvalue weighted by atomic mass is 16.3. The third-order valence-corrected chi connectivity index (χ3v) is 4.50. The van der Waals surface area contributed by atoms with Gasteiger partial charge >= 0.3 is 0 Å². The van der Waals surface area contributed by atoms with E-state index in [1.54, 1.807) is 6.26 Å². The predicted octanol–water partition coefficient (Wildman–Crippen LogP) is 4.75. The van der Waals surface area contributed by atoms with Crippen LogP contribution in [0.1, 0.15) is 16.7 Å². The number of rotatable bonds is 4. The molecule has 0 saturated heterocycles. The van der Waals surface area contributed by atoms with Crippen LogP contribution in [-0.4, -0.2) is 5.91 Å². The Morgan fingerprint density at radius 1 is 1.00 bits per heavy atom. The molecule has 0 atom stereocenters. The summed E-state index contributed by atoms with van der Waals surface area (Å²) in [7, 11) is 0. The number of furan rings is 1. The molecule has 0 aliphatic rings. The molecule has 3 nitrogen and oxygen atoms in total. The lowest BCUT2D eigenvalue weighted by Crippen LogP contribution is -2.24. The highest BCUT2D eigenvalue weighted by Gasteiger charge is 2.13. The summed E-state index contributed by atoms with van der Waals surface area (Å²) in [6.07, 6.45) is 2.01. The van der Waals surface area contributed by atoms with Gasteiger partial charge in [-0.25, -0.2) is 0 Å². The van der Waals surface area contributed by atoms with Crippen molar-refractivity contribution < 1.29 is 9.21 Å². The first-order valence-corrected chi connectivity index (χ1v) is 8.41. The Hall–Kier alpha value is -3.07. The van der Waals surface area contributed by atoms with E-state index in [2.05, 4.69) is 36.5 Å². The highest BCUT2D eigenvalue weighted by molar-refractivity contribution is 6.08. The van der Waals surface area contributed by atoms with Gasteiger partial charge in [0.2, 0.25) is 5.91 Å². The molecule has 0 saturated carbocycles. The van der Waals surface area contributed by atoms with Gasteiger partial charge in [0, 0.05) is 17.5 Å². The molecule has 0 spiro atoms. The van der Waals surface area contributed by atoms with E-state index < -0.39 is 0 Å². The highest BCUT2D eigenvalue weighted by Crippen LogP contribution is 2.30. The summed E-state index contributed by atoms with van der Waals surface area (Å²) in [5.41, 5.74) is 4.06. The molecule has 1 heterocycles. The summed E-state index contributed by atoms with van der Waals surface area (Å²) in [6.45, 7) is 2.59. The van der Waals surface area contributed by atoms with Crippen molar-refractivity contribution in [2.24, 2.45) is 0 Å². The van der Waals surface area contributed by atoms with Crippen LogP contribution in [0.3, 0.4) is 0 Å². The van der Waals surface area contributed by atoms with E-state index in [4.69, 9.17) is 4.42 Å². The zero-order valence-electron chi connectivity index (χ0n) is 14.1. The van der Waals surface area contributed by atoms with E-state index in [0.29, 0.717) is 13.0 Å². The second-order valence-electron chi connectivity index (χ2n) is 6.36. The lowest BCUT2D eigenvalue weighted by molar-refractivity contribution is -0.120. The van der Waals surface area contributed by atoms with Gasteiger partial charge in [-0.05, 0) is 29.3 Å². The number of benzene rings is 3. The number of hydrogen-bond donors (Lipinski definition) is 1. The molecule has 0 unspecified atom stereocenters. The Morgan fingerprint density at radius 3 is 2.64 bits per heavy atom. The van der Waals surface area contributed by atoms with Gasteiger partial charge in [-0.1, -0.05) is 60.2 Å². The van der Waals surface area contributed by atoms with Crippen molar-refractivity contribution in [2.75, 3.05) is 0 Å². The summed E-state index contributed by atoms with van der Waals surface area (Å²) < 4.78 is 5.65. The van der Waals surface area contributed by atoms with E-state index >= 15 is 0 Å². The predicted molar refractivity (Wildman–Crippen MR) is 100 cm³/mol. The van der Waals surface area contributed by atoms with E-state index in [1.807, 2.05) is 36.4 Å². The molecule has 4 aromatic rings. The maximum Gasteiger partial charge on any atom is 0.224 e. The summed E-state index contributed by atoms with van der Waals surface area (Å²) >= 11 is 0. The lowest BCUT2D eigenvalue weighted by atomic mass is 10.0. The Bertz CT molecular complexity index is 1040. The van der Waals surface area contributed by atoms with Gasteiger partial charge in [0.15, 0.2) is 0 Å². The van der Waals surface area contributed by atoms with Gasteiger partial charge in [-0.3, -0.25) is 4.79 Å². The molecule has 1 aromatic heterocycles. The van der Waals surface area contributed by atoms with Crippen molar-refractivity contribution in [1.29, 1.82) is 0 Å². The molecule has 1 N–H and O–H groups in total. The van der Waals surface area contributed by atoms with Gasteiger partial charge in [0.05, 0.1) is 12.7 Å². The van der Waals surface area contributed by atoms with Crippen molar-refractivity contribution in [2.45, 2.75) is 19.9 Å². The van der Waals surface area contributed by atoms with Crippen molar-refractivity contribution in [1.82, 2.24) is 5.32 Å². The van der Waals surface area contributed by atoms with Crippen LogP contribution in [-0.2, 0) is 17.8 Å². The average molecular weight is 329 g/mol. The van der Waals surface area contributed by atoms with Gasteiger partial charge in [0.25, 0.3) is 0 Å². The fourth-order valence-corrected chi connectivity index (χ4v) is 3.15. The van der Waals surface area contributed by atoms with Crippen molar-refractivity contribution in [3.05, 3.63) is 83.6 Å². The van der Waals surface area contributed by atoms with Crippen LogP contribution in [0, 0.1) is 6.92 Å². The van der Waals surface area contributed by atoms with Crippen LogP contribution < -0.4 is 5.32 Å². The minimum Gasteiger partial charge on any atom is -0.464 e. The molecular weight excluding hydrogens is 310 g/mol.